The Labute approximate surface area is 134 Å². The zero-order chi connectivity index (χ0) is 16.0. The van der Waals surface area contributed by atoms with E-state index in [4.69, 9.17) is 4.74 Å². The lowest BCUT2D eigenvalue weighted by Crippen LogP contribution is -2.28. The summed E-state index contributed by atoms with van der Waals surface area (Å²) in [5.74, 6) is 0.638. The van der Waals surface area contributed by atoms with E-state index < -0.39 is 16.1 Å². The predicted octanol–water partition coefficient (Wildman–Crippen LogP) is 2.55. The summed E-state index contributed by atoms with van der Waals surface area (Å²) in [5, 5.41) is 11.8. The van der Waals surface area contributed by atoms with Crippen molar-refractivity contribution in [2.45, 2.75) is 24.3 Å². The lowest BCUT2D eigenvalue weighted by molar-refractivity contribution is 0.186. The van der Waals surface area contributed by atoms with E-state index in [1.165, 1.54) is 23.5 Å². The summed E-state index contributed by atoms with van der Waals surface area (Å²) in [6, 6.07) is 9.81. The second kappa shape index (κ2) is 7.73. The summed E-state index contributed by atoms with van der Waals surface area (Å²) in [6.45, 7) is 2.54. The van der Waals surface area contributed by atoms with Gasteiger partial charge in [0.1, 0.15) is 11.9 Å². The molecule has 0 fully saturated rings. The van der Waals surface area contributed by atoms with Gasteiger partial charge >= 0.3 is 0 Å². The highest BCUT2D eigenvalue weighted by atomic mass is 32.2. The second-order valence-corrected chi connectivity index (χ2v) is 7.45. The van der Waals surface area contributed by atoms with Gasteiger partial charge in [0, 0.05) is 11.4 Å². The first kappa shape index (κ1) is 17.0. The standard InChI is InChI=1S/C15H19NO4S2/c1-2-9-20-12-5-7-13(8-6-12)22(18,19)16-11-14(17)15-4-3-10-21-15/h3-8,10,14,16-17H,2,9,11H2,1H3. The van der Waals surface area contributed by atoms with E-state index in [-0.39, 0.29) is 11.4 Å². The van der Waals surface area contributed by atoms with E-state index in [0.717, 1.165) is 11.3 Å². The van der Waals surface area contributed by atoms with Gasteiger partial charge in [-0.2, -0.15) is 0 Å². The van der Waals surface area contributed by atoms with Gasteiger partial charge < -0.3 is 9.84 Å². The molecule has 0 aliphatic rings. The van der Waals surface area contributed by atoms with Crippen molar-refractivity contribution in [1.82, 2.24) is 4.72 Å². The molecule has 0 saturated carbocycles. The van der Waals surface area contributed by atoms with Crippen molar-refractivity contribution in [2.75, 3.05) is 13.2 Å². The molecule has 2 rings (SSSR count). The Kier molecular flexibility index (Phi) is 5.96. The normalized spacial score (nSPS) is 13.0. The Bertz CT molecular complexity index is 666. The number of benzene rings is 1. The van der Waals surface area contributed by atoms with Crippen LogP contribution >= 0.6 is 11.3 Å². The van der Waals surface area contributed by atoms with Gasteiger partial charge in [-0.1, -0.05) is 13.0 Å². The molecule has 1 heterocycles. The molecular formula is C15H19NO4S2. The number of hydrogen-bond donors (Lipinski definition) is 2. The highest BCUT2D eigenvalue weighted by Gasteiger charge is 2.17. The Morgan fingerprint density at radius 3 is 2.59 bits per heavy atom. The van der Waals surface area contributed by atoms with Crippen LogP contribution in [0.25, 0.3) is 0 Å². The molecule has 0 radical (unpaired) electrons. The monoisotopic (exact) mass is 341 g/mol. The van der Waals surface area contributed by atoms with Crippen LogP contribution in [0.15, 0.2) is 46.7 Å². The molecule has 0 aliphatic heterocycles. The van der Waals surface area contributed by atoms with E-state index in [0.29, 0.717) is 12.4 Å². The van der Waals surface area contributed by atoms with Crippen molar-refractivity contribution >= 4 is 21.4 Å². The third-order valence-electron chi connectivity index (χ3n) is 2.95. The molecule has 1 unspecified atom stereocenters. The van der Waals surface area contributed by atoms with Crippen molar-refractivity contribution in [1.29, 1.82) is 0 Å². The molecule has 0 aliphatic carbocycles. The second-order valence-electron chi connectivity index (χ2n) is 4.70. The minimum absolute atomic E-state index is 0.0586. The fourth-order valence-corrected chi connectivity index (χ4v) is 3.54. The highest BCUT2D eigenvalue weighted by Crippen LogP contribution is 2.19. The van der Waals surface area contributed by atoms with E-state index in [1.807, 2.05) is 18.4 Å². The maximum absolute atomic E-state index is 12.2. The average Bonchev–Trinajstić information content (AvgIpc) is 3.05. The van der Waals surface area contributed by atoms with Crippen molar-refractivity contribution in [2.24, 2.45) is 0 Å². The van der Waals surface area contributed by atoms with Gasteiger partial charge in [-0.15, -0.1) is 11.3 Å². The molecule has 5 nitrogen and oxygen atoms in total. The van der Waals surface area contributed by atoms with Gasteiger partial charge in [0.25, 0.3) is 0 Å². The Hall–Kier alpha value is -1.41. The molecule has 1 aromatic carbocycles. The third-order valence-corrected chi connectivity index (χ3v) is 5.36. The van der Waals surface area contributed by atoms with Crippen molar-refractivity contribution in [3.05, 3.63) is 46.7 Å². The van der Waals surface area contributed by atoms with Gasteiger partial charge in [0.2, 0.25) is 10.0 Å². The molecule has 7 heteroatoms. The van der Waals surface area contributed by atoms with E-state index in [1.54, 1.807) is 18.2 Å². The Morgan fingerprint density at radius 1 is 1.27 bits per heavy atom. The molecule has 22 heavy (non-hydrogen) atoms. The number of sulfonamides is 1. The molecule has 0 amide bonds. The largest absolute Gasteiger partial charge is 0.494 e. The van der Waals surface area contributed by atoms with E-state index in [9.17, 15) is 13.5 Å². The van der Waals surface area contributed by atoms with Crippen LogP contribution in [0.2, 0.25) is 0 Å². The quantitative estimate of drug-likeness (QED) is 0.774. The van der Waals surface area contributed by atoms with Gasteiger partial charge in [-0.3, -0.25) is 0 Å². The molecule has 1 aromatic heterocycles. The van der Waals surface area contributed by atoms with Crippen molar-refractivity contribution in [3.8, 4) is 5.75 Å². The lowest BCUT2D eigenvalue weighted by Gasteiger charge is -2.11. The minimum Gasteiger partial charge on any atom is -0.494 e. The smallest absolute Gasteiger partial charge is 0.240 e. The Balaban J connectivity index is 1.97. The average molecular weight is 341 g/mol. The first-order valence-corrected chi connectivity index (χ1v) is 9.33. The van der Waals surface area contributed by atoms with Gasteiger partial charge in [-0.05, 0) is 42.1 Å². The first-order chi connectivity index (χ1) is 10.5. The fourth-order valence-electron chi connectivity index (χ4n) is 1.79. The fraction of sp³-hybridized carbons (Fsp3) is 0.333. The van der Waals surface area contributed by atoms with Gasteiger partial charge in [0.15, 0.2) is 0 Å². The molecule has 0 spiro atoms. The number of nitrogens with one attached hydrogen (secondary N) is 1. The molecule has 1 atom stereocenters. The van der Waals surface area contributed by atoms with Crippen LogP contribution in [-0.2, 0) is 10.0 Å². The summed E-state index contributed by atoms with van der Waals surface area (Å²) in [5.41, 5.74) is 0. The lowest BCUT2D eigenvalue weighted by atomic mass is 10.3. The van der Waals surface area contributed by atoms with E-state index >= 15 is 0 Å². The maximum atomic E-state index is 12.2. The first-order valence-electron chi connectivity index (χ1n) is 6.97. The molecule has 2 aromatic rings. The van der Waals surface area contributed by atoms with E-state index in [2.05, 4.69) is 4.72 Å². The number of ether oxygens (including phenoxy) is 1. The van der Waals surface area contributed by atoms with Crippen LogP contribution in [0.1, 0.15) is 24.3 Å². The van der Waals surface area contributed by atoms with Crippen LogP contribution < -0.4 is 9.46 Å². The molecule has 2 N–H and O–H groups in total. The van der Waals surface area contributed by atoms with Gasteiger partial charge in [0.05, 0.1) is 11.5 Å². The predicted molar refractivity (Wildman–Crippen MR) is 86.7 cm³/mol. The van der Waals surface area contributed by atoms with Crippen LogP contribution in [0.4, 0.5) is 0 Å². The number of thiophene rings is 1. The number of hydrogen-bond acceptors (Lipinski definition) is 5. The summed E-state index contributed by atoms with van der Waals surface area (Å²) >= 11 is 1.39. The summed E-state index contributed by atoms with van der Waals surface area (Å²) in [7, 11) is -3.64. The van der Waals surface area contributed by atoms with Crippen LogP contribution in [0.3, 0.4) is 0 Å². The molecule has 120 valence electrons. The summed E-state index contributed by atoms with van der Waals surface area (Å²) in [6.07, 6.45) is 0.0457. The Morgan fingerprint density at radius 2 is 2.00 bits per heavy atom. The highest BCUT2D eigenvalue weighted by molar-refractivity contribution is 7.89. The zero-order valence-corrected chi connectivity index (χ0v) is 13.9. The molecular weight excluding hydrogens is 322 g/mol. The third kappa shape index (κ3) is 4.54. The van der Waals surface area contributed by atoms with Gasteiger partial charge in [-0.25, -0.2) is 13.1 Å². The van der Waals surface area contributed by atoms with Crippen LogP contribution in [0, 0.1) is 0 Å². The topological polar surface area (TPSA) is 75.6 Å². The number of aliphatic hydroxyl groups excluding tert-OH is 1. The number of rotatable bonds is 8. The molecule has 0 bridgehead atoms. The SMILES string of the molecule is CCCOc1ccc(S(=O)(=O)NCC(O)c2cccs2)cc1. The maximum Gasteiger partial charge on any atom is 0.240 e. The van der Waals surface area contributed by atoms with Crippen LogP contribution in [0.5, 0.6) is 5.75 Å². The van der Waals surface area contributed by atoms with Crippen molar-refractivity contribution in [3.63, 3.8) is 0 Å². The molecule has 0 saturated heterocycles. The van der Waals surface area contributed by atoms with Crippen LogP contribution in [-0.4, -0.2) is 26.7 Å². The number of aliphatic hydroxyl groups is 1. The summed E-state index contributed by atoms with van der Waals surface area (Å²) < 4.78 is 32.2. The minimum atomic E-state index is -3.64. The van der Waals surface area contributed by atoms with Crippen molar-refractivity contribution < 1.29 is 18.3 Å². The zero-order valence-electron chi connectivity index (χ0n) is 12.2. The summed E-state index contributed by atoms with van der Waals surface area (Å²) in [4.78, 5) is 0.876.